The summed E-state index contributed by atoms with van der Waals surface area (Å²) in [4.78, 5) is 26.4. The lowest BCUT2D eigenvalue weighted by molar-refractivity contribution is -0.109. The lowest BCUT2D eigenvalue weighted by Crippen LogP contribution is -2.44. The highest BCUT2D eigenvalue weighted by atomic mass is 31.2. The van der Waals surface area contributed by atoms with Gasteiger partial charge in [-0.15, -0.1) is 0 Å². The molecule has 11 nitrogen and oxygen atoms in total. The van der Waals surface area contributed by atoms with E-state index in [0.29, 0.717) is 13.2 Å². The summed E-state index contributed by atoms with van der Waals surface area (Å²) in [6.45, 7) is 11.5. The molecule has 1 unspecified atom stereocenters. The number of hydrogen-bond acceptors (Lipinski definition) is 9. The maximum atomic E-state index is 12.6. The summed E-state index contributed by atoms with van der Waals surface area (Å²) in [7, 11) is -1.23. The van der Waals surface area contributed by atoms with Crippen molar-refractivity contribution in [2.75, 3.05) is 53.9 Å². The fourth-order valence-electron chi connectivity index (χ4n) is 2.66. The molecule has 0 aromatic carbocycles. The van der Waals surface area contributed by atoms with Crippen LogP contribution in [0.1, 0.15) is 33.4 Å². The van der Waals surface area contributed by atoms with E-state index in [0.717, 1.165) is 0 Å². The van der Waals surface area contributed by atoms with Gasteiger partial charge < -0.3 is 27.7 Å². The molecule has 198 valence electrons. The molecule has 0 aliphatic rings. The lowest BCUT2D eigenvalue weighted by atomic mass is 10.2. The molecule has 1 heterocycles. The van der Waals surface area contributed by atoms with E-state index in [1.54, 1.807) is 7.11 Å². The molecule has 0 saturated heterocycles. The van der Waals surface area contributed by atoms with Crippen LogP contribution >= 0.6 is 7.60 Å². The highest BCUT2D eigenvalue weighted by Gasteiger charge is 2.38. The van der Waals surface area contributed by atoms with Gasteiger partial charge >= 0.3 is 13.3 Å². The summed E-state index contributed by atoms with van der Waals surface area (Å²) in [5.41, 5.74) is -1.12. The van der Waals surface area contributed by atoms with Crippen LogP contribution in [0, 0.1) is 0 Å². The first-order chi connectivity index (χ1) is 15.8. The van der Waals surface area contributed by atoms with Crippen molar-refractivity contribution in [2.45, 2.75) is 57.7 Å². The third-order valence-electron chi connectivity index (χ3n) is 5.92. The van der Waals surface area contributed by atoms with Crippen molar-refractivity contribution in [2.24, 2.45) is 0 Å². The van der Waals surface area contributed by atoms with Gasteiger partial charge in [0.1, 0.15) is 0 Å². The first kappa shape index (κ1) is 30.9. The molecule has 0 radical (unpaired) electrons. The van der Waals surface area contributed by atoms with Gasteiger partial charge in [-0.1, -0.05) is 20.8 Å². The second-order valence-corrected chi connectivity index (χ2v) is 16.6. The Labute approximate surface area is 202 Å². The van der Waals surface area contributed by atoms with Gasteiger partial charge in [-0.05, 0) is 24.6 Å². The van der Waals surface area contributed by atoms with Gasteiger partial charge in [-0.3, -0.25) is 18.9 Å². The van der Waals surface area contributed by atoms with E-state index < -0.39 is 39.5 Å². The van der Waals surface area contributed by atoms with Gasteiger partial charge in [0.2, 0.25) is 0 Å². The van der Waals surface area contributed by atoms with Crippen molar-refractivity contribution >= 4 is 15.9 Å². The van der Waals surface area contributed by atoms with Gasteiger partial charge in [0.15, 0.2) is 14.5 Å². The smallest absolute Gasteiger partial charge is 0.330 e. The third-order valence-corrected chi connectivity index (χ3v) is 12.3. The molecule has 0 amide bonds. The molecule has 2 atom stereocenters. The van der Waals surface area contributed by atoms with Crippen LogP contribution in [0.3, 0.4) is 0 Å². The minimum absolute atomic E-state index is 0.0558. The van der Waals surface area contributed by atoms with E-state index in [1.165, 1.54) is 31.0 Å². The van der Waals surface area contributed by atoms with Gasteiger partial charge in [0, 0.05) is 33.6 Å². The van der Waals surface area contributed by atoms with Gasteiger partial charge in [-0.2, -0.15) is 0 Å². The Balaban J connectivity index is 3.17. The van der Waals surface area contributed by atoms with Crippen molar-refractivity contribution in [3.63, 3.8) is 0 Å². The molecule has 0 spiro atoms. The van der Waals surface area contributed by atoms with Gasteiger partial charge in [0.25, 0.3) is 5.56 Å². The van der Waals surface area contributed by atoms with E-state index in [4.69, 9.17) is 27.7 Å². The molecule has 1 aromatic rings. The van der Waals surface area contributed by atoms with Gasteiger partial charge in [-0.25, -0.2) is 4.79 Å². The number of H-pyrrole nitrogens is 1. The maximum absolute atomic E-state index is 12.6. The number of hydrogen-bond donors (Lipinski definition) is 1. The summed E-state index contributed by atoms with van der Waals surface area (Å²) in [6, 6.07) is 1.25. The van der Waals surface area contributed by atoms with Crippen LogP contribution in [-0.2, 0) is 32.2 Å². The average Bonchev–Trinajstić information content (AvgIpc) is 2.76. The largest absolute Gasteiger partial charge is 0.412 e. The van der Waals surface area contributed by atoms with Crippen molar-refractivity contribution in [1.29, 1.82) is 0 Å². The Morgan fingerprint density at radius 2 is 1.74 bits per heavy atom. The van der Waals surface area contributed by atoms with Crippen molar-refractivity contribution < 1.29 is 32.2 Å². The molecule has 34 heavy (non-hydrogen) atoms. The standard InChI is InChI=1S/C21H41N2O9PSi/c1-21(2,3)34(7,8)31-16-19(23-11-9-18(24)22-20(23)25)32-17(15-30-13-12-27-4)10-14-33(26,28-5)29-6/h9,11,17,19H,10,12-16H2,1-8H3,(H,22,24,25)/t17?,19-/m1/s1. The summed E-state index contributed by atoms with van der Waals surface area (Å²) in [5.74, 6) is 0. The Morgan fingerprint density at radius 1 is 1.09 bits per heavy atom. The van der Waals surface area contributed by atoms with E-state index in [-0.39, 0.29) is 30.8 Å². The lowest BCUT2D eigenvalue weighted by Gasteiger charge is -2.37. The fourth-order valence-corrected chi connectivity index (χ4v) is 4.78. The summed E-state index contributed by atoms with van der Waals surface area (Å²) in [6.07, 6.45) is 0.329. The molecule has 0 fully saturated rings. The van der Waals surface area contributed by atoms with E-state index in [9.17, 15) is 14.2 Å². The molecule has 0 bridgehead atoms. The molecule has 0 aliphatic carbocycles. The number of nitrogens with one attached hydrogen (secondary N) is 1. The molecular formula is C21H41N2O9PSi. The number of aromatic amines is 1. The minimum Gasteiger partial charge on any atom is -0.412 e. The summed E-state index contributed by atoms with van der Waals surface area (Å²) >= 11 is 0. The zero-order valence-corrected chi connectivity index (χ0v) is 23.5. The van der Waals surface area contributed by atoms with E-state index >= 15 is 0 Å². The predicted octanol–water partition coefficient (Wildman–Crippen LogP) is 2.98. The summed E-state index contributed by atoms with van der Waals surface area (Å²) in [5, 5.41) is -0.0558. The quantitative estimate of drug-likeness (QED) is 0.197. The van der Waals surface area contributed by atoms with Crippen LogP contribution in [0.15, 0.2) is 21.9 Å². The molecule has 0 saturated carbocycles. The maximum Gasteiger partial charge on any atom is 0.330 e. The number of methoxy groups -OCH3 is 1. The second-order valence-electron chi connectivity index (χ2n) is 9.36. The van der Waals surface area contributed by atoms with E-state index in [2.05, 4.69) is 38.8 Å². The third kappa shape index (κ3) is 9.86. The average molecular weight is 525 g/mol. The summed E-state index contributed by atoms with van der Waals surface area (Å²) < 4.78 is 47.2. The van der Waals surface area contributed by atoms with Crippen molar-refractivity contribution in [3.8, 4) is 0 Å². The highest BCUT2D eigenvalue weighted by molar-refractivity contribution is 7.53. The van der Waals surface area contributed by atoms with Crippen LogP contribution in [0.2, 0.25) is 18.1 Å². The van der Waals surface area contributed by atoms with Crippen LogP contribution in [0.4, 0.5) is 0 Å². The first-order valence-electron chi connectivity index (χ1n) is 11.2. The highest BCUT2D eigenvalue weighted by Crippen LogP contribution is 2.47. The van der Waals surface area contributed by atoms with Gasteiger partial charge in [0.05, 0.1) is 38.7 Å². The Hall–Kier alpha value is -1.11. The SMILES string of the molecule is COCCOCC(CCP(=O)(OC)OC)O[C@H](CO[Si](C)(C)C(C)(C)C)n1ccc(=O)[nH]c1=O. The van der Waals surface area contributed by atoms with Crippen LogP contribution < -0.4 is 11.2 Å². The Kier molecular flexibility index (Phi) is 12.6. The Bertz CT molecular complexity index is 889. The number of nitrogens with zero attached hydrogens (tertiary/aromatic N) is 1. The normalized spacial score (nSPS) is 14.8. The Morgan fingerprint density at radius 3 is 2.26 bits per heavy atom. The molecule has 0 aliphatic heterocycles. The monoisotopic (exact) mass is 524 g/mol. The van der Waals surface area contributed by atoms with Crippen molar-refractivity contribution in [1.82, 2.24) is 9.55 Å². The van der Waals surface area contributed by atoms with Crippen molar-refractivity contribution in [3.05, 3.63) is 33.1 Å². The number of ether oxygens (including phenoxy) is 3. The van der Waals surface area contributed by atoms with Crippen LogP contribution in [0.5, 0.6) is 0 Å². The molecule has 1 N–H and O–H groups in total. The minimum atomic E-state index is -3.28. The zero-order chi connectivity index (χ0) is 26.0. The van der Waals surface area contributed by atoms with E-state index in [1.807, 2.05) is 0 Å². The topological polar surface area (TPSA) is 127 Å². The number of aromatic nitrogens is 2. The molecule has 1 aromatic heterocycles. The predicted molar refractivity (Wildman–Crippen MR) is 132 cm³/mol. The number of rotatable bonds is 16. The molecule has 1 rings (SSSR count). The zero-order valence-electron chi connectivity index (χ0n) is 21.6. The van der Waals surface area contributed by atoms with Crippen LogP contribution in [0.25, 0.3) is 0 Å². The molecule has 13 heteroatoms. The fraction of sp³-hybridized carbons (Fsp3) is 0.810. The molecular weight excluding hydrogens is 483 g/mol. The second kappa shape index (κ2) is 13.8. The first-order valence-corrected chi connectivity index (χ1v) is 15.8. The van der Waals surface area contributed by atoms with Crippen LogP contribution in [-0.4, -0.2) is 77.9 Å².